The van der Waals surface area contributed by atoms with Crippen molar-refractivity contribution in [2.24, 2.45) is 0 Å². The van der Waals surface area contributed by atoms with Gasteiger partial charge in [0, 0.05) is 43.8 Å². The quantitative estimate of drug-likeness (QED) is 0.711. The minimum atomic E-state index is 0.0667. The fraction of sp³-hybridized carbons (Fsp3) is 0.474. The van der Waals surface area contributed by atoms with E-state index in [1.54, 1.807) is 18.3 Å². The van der Waals surface area contributed by atoms with Crippen molar-refractivity contribution in [2.45, 2.75) is 18.9 Å². The van der Waals surface area contributed by atoms with Crippen molar-refractivity contribution in [3.8, 4) is 23.2 Å². The molecule has 0 aromatic carbocycles. The highest BCUT2D eigenvalue weighted by Gasteiger charge is 2.21. The van der Waals surface area contributed by atoms with E-state index in [1.165, 1.54) is 0 Å². The van der Waals surface area contributed by atoms with Gasteiger partial charge in [-0.2, -0.15) is 10.2 Å². The van der Waals surface area contributed by atoms with Crippen LogP contribution in [0.15, 0.2) is 18.3 Å². The van der Waals surface area contributed by atoms with E-state index in [2.05, 4.69) is 30.2 Å². The van der Waals surface area contributed by atoms with Crippen LogP contribution in [0, 0.1) is 11.3 Å². The van der Waals surface area contributed by atoms with Gasteiger partial charge in [0.1, 0.15) is 6.10 Å². The van der Waals surface area contributed by atoms with E-state index in [-0.39, 0.29) is 6.10 Å². The summed E-state index contributed by atoms with van der Waals surface area (Å²) in [6, 6.07) is 5.75. The summed E-state index contributed by atoms with van der Waals surface area (Å²) < 4.78 is 17.0. The third kappa shape index (κ3) is 4.39. The summed E-state index contributed by atoms with van der Waals surface area (Å²) in [5, 5.41) is 9.55. The minimum Gasteiger partial charge on any atom is -0.474 e. The molecule has 28 heavy (non-hydrogen) atoms. The van der Waals surface area contributed by atoms with Crippen molar-refractivity contribution in [1.82, 2.24) is 15.0 Å². The minimum absolute atomic E-state index is 0.0667. The zero-order valence-corrected chi connectivity index (χ0v) is 16.7. The first-order chi connectivity index (χ1) is 13.7. The topological polar surface area (TPSA) is 93.4 Å². The standard InChI is InChI=1S/C19H22N5O3P/c20-11-13-9-18(28)21-12-15(13)16-10-17(27-14-1-5-25-6-2-14)23-19(22-16)24-3-7-26-8-4-24/h9-10,12,14H,1-8,28H2. The lowest BCUT2D eigenvalue weighted by molar-refractivity contribution is 0.0237. The Morgan fingerprint density at radius 1 is 1.11 bits per heavy atom. The normalized spacial score (nSPS) is 17.9. The second-order valence-corrected chi connectivity index (χ2v) is 7.28. The van der Waals surface area contributed by atoms with Gasteiger partial charge < -0.3 is 19.1 Å². The lowest BCUT2D eigenvalue weighted by Crippen LogP contribution is -2.37. The molecular weight excluding hydrogens is 377 g/mol. The van der Waals surface area contributed by atoms with Gasteiger partial charge in [0.15, 0.2) is 0 Å². The Hall–Kier alpha value is -2.33. The molecule has 1 unspecified atom stereocenters. The number of anilines is 1. The number of aromatic nitrogens is 3. The van der Waals surface area contributed by atoms with E-state index < -0.39 is 0 Å². The van der Waals surface area contributed by atoms with Crippen LogP contribution in [-0.2, 0) is 9.47 Å². The van der Waals surface area contributed by atoms with Crippen molar-refractivity contribution in [3.63, 3.8) is 0 Å². The summed E-state index contributed by atoms with van der Waals surface area (Å²) in [6.07, 6.45) is 3.40. The summed E-state index contributed by atoms with van der Waals surface area (Å²) >= 11 is 0. The van der Waals surface area contributed by atoms with Gasteiger partial charge >= 0.3 is 0 Å². The van der Waals surface area contributed by atoms with Crippen molar-refractivity contribution in [3.05, 3.63) is 23.9 Å². The van der Waals surface area contributed by atoms with Crippen LogP contribution in [0.2, 0.25) is 0 Å². The Labute approximate surface area is 166 Å². The van der Waals surface area contributed by atoms with Crippen molar-refractivity contribution in [2.75, 3.05) is 44.4 Å². The largest absolute Gasteiger partial charge is 0.474 e. The molecule has 4 heterocycles. The van der Waals surface area contributed by atoms with Gasteiger partial charge in [-0.15, -0.1) is 0 Å². The van der Waals surface area contributed by atoms with Crippen molar-refractivity contribution < 1.29 is 14.2 Å². The highest BCUT2D eigenvalue weighted by Crippen LogP contribution is 2.28. The number of nitrogens with zero attached hydrogens (tertiary/aromatic N) is 5. The monoisotopic (exact) mass is 399 g/mol. The van der Waals surface area contributed by atoms with Crippen LogP contribution >= 0.6 is 9.24 Å². The smallest absolute Gasteiger partial charge is 0.229 e. The first-order valence-corrected chi connectivity index (χ1v) is 9.93. The van der Waals surface area contributed by atoms with Crippen LogP contribution in [0.3, 0.4) is 0 Å². The molecule has 0 bridgehead atoms. The van der Waals surface area contributed by atoms with E-state index in [9.17, 15) is 5.26 Å². The van der Waals surface area contributed by atoms with Crippen molar-refractivity contribution >= 4 is 20.6 Å². The fourth-order valence-electron chi connectivity index (χ4n) is 3.25. The Bertz CT molecular complexity index is 876. The first kappa shape index (κ1) is 19.0. The molecule has 9 heteroatoms. The maximum absolute atomic E-state index is 9.55. The van der Waals surface area contributed by atoms with Crippen LogP contribution in [0.5, 0.6) is 5.88 Å². The summed E-state index contributed by atoms with van der Waals surface area (Å²) in [6.45, 7) is 4.09. The molecule has 1 atom stereocenters. The van der Waals surface area contributed by atoms with Gasteiger partial charge in [-0.25, -0.2) is 4.98 Å². The molecule has 0 N–H and O–H groups in total. The molecule has 0 saturated carbocycles. The second-order valence-electron chi connectivity index (χ2n) is 6.69. The molecule has 2 aromatic rings. The molecule has 8 nitrogen and oxygen atoms in total. The molecular formula is C19H22N5O3P. The molecule has 0 spiro atoms. The number of rotatable bonds is 4. The van der Waals surface area contributed by atoms with E-state index in [0.29, 0.717) is 73.6 Å². The van der Waals surface area contributed by atoms with Gasteiger partial charge in [-0.1, -0.05) is 9.24 Å². The molecule has 0 aliphatic carbocycles. The van der Waals surface area contributed by atoms with E-state index in [0.717, 1.165) is 12.8 Å². The summed E-state index contributed by atoms with van der Waals surface area (Å²) in [5.74, 6) is 1.10. The maximum Gasteiger partial charge on any atom is 0.229 e. The molecule has 2 aliphatic rings. The number of morpholine rings is 1. The maximum atomic E-state index is 9.55. The van der Waals surface area contributed by atoms with Gasteiger partial charge in [-0.3, -0.25) is 4.98 Å². The molecule has 2 aliphatic heterocycles. The Morgan fingerprint density at radius 2 is 1.86 bits per heavy atom. The van der Waals surface area contributed by atoms with Gasteiger partial charge in [0.25, 0.3) is 0 Å². The molecule has 4 rings (SSSR count). The average Bonchev–Trinajstić information content (AvgIpc) is 2.74. The van der Waals surface area contributed by atoms with E-state index in [4.69, 9.17) is 19.2 Å². The molecule has 2 aromatic heterocycles. The molecule has 0 radical (unpaired) electrons. The number of hydrogen-bond donors (Lipinski definition) is 0. The van der Waals surface area contributed by atoms with Crippen LogP contribution in [0.1, 0.15) is 18.4 Å². The van der Waals surface area contributed by atoms with Crippen molar-refractivity contribution in [1.29, 1.82) is 5.26 Å². The molecule has 2 fully saturated rings. The van der Waals surface area contributed by atoms with Crippen LogP contribution in [0.4, 0.5) is 5.95 Å². The van der Waals surface area contributed by atoms with Gasteiger partial charge in [0.05, 0.1) is 49.2 Å². The van der Waals surface area contributed by atoms with Crippen LogP contribution in [0.25, 0.3) is 11.3 Å². The Balaban J connectivity index is 1.72. The molecule has 0 amide bonds. The fourth-order valence-corrected chi connectivity index (χ4v) is 3.49. The van der Waals surface area contributed by atoms with Gasteiger partial charge in [0.2, 0.25) is 11.8 Å². The van der Waals surface area contributed by atoms with Gasteiger partial charge in [-0.05, 0) is 6.07 Å². The van der Waals surface area contributed by atoms with Crippen LogP contribution < -0.4 is 15.1 Å². The Kier molecular flexibility index (Phi) is 5.96. The lowest BCUT2D eigenvalue weighted by Gasteiger charge is -2.28. The summed E-state index contributed by atoms with van der Waals surface area (Å²) in [4.78, 5) is 15.7. The third-order valence-electron chi connectivity index (χ3n) is 4.76. The predicted octanol–water partition coefficient (Wildman–Crippen LogP) is 1.31. The lowest BCUT2D eigenvalue weighted by atomic mass is 10.1. The highest BCUT2D eigenvalue weighted by atomic mass is 31.0. The van der Waals surface area contributed by atoms with E-state index in [1.807, 2.05) is 0 Å². The predicted molar refractivity (Wildman–Crippen MR) is 107 cm³/mol. The van der Waals surface area contributed by atoms with E-state index >= 15 is 0 Å². The summed E-state index contributed by atoms with van der Waals surface area (Å²) in [5.41, 5.74) is 2.53. The SMILES string of the molecule is N#Cc1cc(P)ncc1-c1cc(OC2CCOCC2)nc(N2CCOCC2)n1. The highest BCUT2D eigenvalue weighted by molar-refractivity contribution is 7.26. The zero-order valence-electron chi connectivity index (χ0n) is 15.5. The third-order valence-corrected chi connectivity index (χ3v) is 5.08. The Morgan fingerprint density at radius 3 is 2.61 bits per heavy atom. The molecule has 146 valence electrons. The number of pyridine rings is 1. The second kappa shape index (κ2) is 8.78. The first-order valence-electron chi connectivity index (χ1n) is 9.35. The number of ether oxygens (including phenoxy) is 3. The molecule has 2 saturated heterocycles. The number of nitriles is 1. The zero-order chi connectivity index (χ0) is 19.3. The number of hydrogen-bond acceptors (Lipinski definition) is 8. The average molecular weight is 399 g/mol. The van der Waals surface area contributed by atoms with Crippen LogP contribution in [-0.4, -0.2) is 60.6 Å². The summed E-state index contributed by atoms with van der Waals surface area (Å²) in [7, 11) is 2.51.